The minimum absolute atomic E-state index is 0.194. The van der Waals surface area contributed by atoms with E-state index in [9.17, 15) is 4.79 Å². The number of rotatable bonds is 4. The quantitative estimate of drug-likeness (QED) is 0.685. The number of methoxy groups -OCH3 is 1. The molecule has 1 heterocycles. The number of carbonyl (C=O) groups is 1. The van der Waals surface area contributed by atoms with Crippen LogP contribution in [0.2, 0.25) is 0 Å². The van der Waals surface area contributed by atoms with Crippen LogP contribution >= 0.6 is 0 Å². The van der Waals surface area contributed by atoms with Crippen LogP contribution in [0.25, 0.3) is 5.69 Å². The highest BCUT2D eigenvalue weighted by molar-refractivity contribution is 5.81. The van der Waals surface area contributed by atoms with Crippen LogP contribution in [0.4, 0.5) is 0 Å². The smallest absolute Gasteiger partial charge is 0.236 e. The van der Waals surface area contributed by atoms with Crippen molar-refractivity contribution in [2.75, 3.05) is 7.11 Å². The molecule has 0 spiro atoms. The van der Waals surface area contributed by atoms with Gasteiger partial charge in [0, 0.05) is 18.3 Å². The van der Waals surface area contributed by atoms with Gasteiger partial charge in [0.05, 0.1) is 19.0 Å². The lowest BCUT2D eigenvalue weighted by Crippen LogP contribution is -2.13. The van der Waals surface area contributed by atoms with Gasteiger partial charge in [-0.25, -0.2) is 5.43 Å². The van der Waals surface area contributed by atoms with E-state index in [1.54, 1.807) is 13.3 Å². The van der Waals surface area contributed by atoms with Gasteiger partial charge >= 0.3 is 0 Å². The van der Waals surface area contributed by atoms with E-state index in [2.05, 4.69) is 10.5 Å². The summed E-state index contributed by atoms with van der Waals surface area (Å²) in [4.78, 5) is 10.8. The van der Waals surface area contributed by atoms with Gasteiger partial charge in [-0.15, -0.1) is 0 Å². The van der Waals surface area contributed by atoms with Gasteiger partial charge in [-0.1, -0.05) is 0 Å². The van der Waals surface area contributed by atoms with Crippen molar-refractivity contribution in [3.05, 3.63) is 47.8 Å². The van der Waals surface area contributed by atoms with E-state index in [0.29, 0.717) is 0 Å². The predicted molar refractivity (Wildman–Crippen MR) is 78.5 cm³/mol. The molecule has 5 nitrogen and oxygen atoms in total. The molecule has 0 unspecified atom stereocenters. The number of hydrogen-bond acceptors (Lipinski definition) is 3. The second kappa shape index (κ2) is 6.06. The van der Waals surface area contributed by atoms with Gasteiger partial charge in [-0.3, -0.25) is 4.79 Å². The largest absolute Gasteiger partial charge is 0.497 e. The van der Waals surface area contributed by atoms with Crippen LogP contribution in [0.5, 0.6) is 5.75 Å². The zero-order valence-corrected chi connectivity index (χ0v) is 11.8. The SMILES string of the molecule is COc1ccc(-n2c(C)ccc2/C=N/NC(C)=O)cc1. The highest BCUT2D eigenvalue weighted by Gasteiger charge is 2.05. The van der Waals surface area contributed by atoms with Gasteiger partial charge in [0.2, 0.25) is 5.91 Å². The molecule has 0 fully saturated rings. The summed E-state index contributed by atoms with van der Waals surface area (Å²) >= 11 is 0. The number of benzene rings is 1. The number of ether oxygens (including phenoxy) is 1. The monoisotopic (exact) mass is 271 g/mol. The van der Waals surface area contributed by atoms with Gasteiger partial charge in [0.25, 0.3) is 0 Å². The van der Waals surface area contributed by atoms with Crippen molar-refractivity contribution >= 4 is 12.1 Å². The molecule has 0 bridgehead atoms. The molecule has 5 heteroatoms. The number of nitrogens with zero attached hydrogens (tertiary/aromatic N) is 2. The zero-order valence-electron chi connectivity index (χ0n) is 11.8. The van der Waals surface area contributed by atoms with Crippen molar-refractivity contribution in [3.63, 3.8) is 0 Å². The molecule has 0 aliphatic heterocycles. The normalized spacial score (nSPS) is 10.8. The Morgan fingerprint density at radius 3 is 2.55 bits per heavy atom. The first kappa shape index (κ1) is 13.9. The van der Waals surface area contributed by atoms with E-state index in [-0.39, 0.29) is 5.91 Å². The Morgan fingerprint density at radius 2 is 1.95 bits per heavy atom. The number of carbonyl (C=O) groups excluding carboxylic acids is 1. The lowest BCUT2D eigenvalue weighted by atomic mass is 10.3. The number of nitrogens with one attached hydrogen (secondary N) is 1. The van der Waals surface area contributed by atoms with Gasteiger partial charge < -0.3 is 9.30 Å². The maximum Gasteiger partial charge on any atom is 0.236 e. The number of aryl methyl sites for hydroxylation is 1. The minimum atomic E-state index is -0.194. The fourth-order valence-corrected chi connectivity index (χ4v) is 1.93. The van der Waals surface area contributed by atoms with Gasteiger partial charge in [-0.2, -0.15) is 5.10 Å². The molecule has 104 valence electrons. The third kappa shape index (κ3) is 3.06. The van der Waals surface area contributed by atoms with Gasteiger partial charge in [0.15, 0.2) is 0 Å². The lowest BCUT2D eigenvalue weighted by Gasteiger charge is -2.10. The summed E-state index contributed by atoms with van der Waals surface area (Å²) in [6, 6.07) is 11.7. The summed E-state index contributed by atoms with van der Waals surface area (Å²) in [7, 11) is 1.64. The van der Waals surface area contributed by atoms with E-state index in [1.165, 1.54) is 6.92 Å². The van der Waals surface area contributed by atoms with Crippen molar-refractivity contribution in [1.29, 1.82) is 0 Å². The highest BCUT2D eigenvalue weighted by Crippen LogP contribution is 2.19. The average Bonchev–Trinajstić information content (AvgIpc) is 2.80. The Morgan fingerprint density at radius 1 is 1.25 bits per heavy atom. The predicted octanol–water partition coefficient (Wildman–Crippen LogP) is 2.26. The van der Waals surface area contributed by atoms with Crippen molar-refractivity contribution < 1.29 is 9.53 Å². The van der Waals surface area contributed by atoms with Crippen molar-refractivity contribution in [2.24, 2.45) is 5.10 Å². The van der Waals surface area contributed by atoms with Crippen molar-refractivity contribution in [3.8, 4) is 11.4 Å². The van der Waals surface area contributed by atoms with E-state index in [4.69, 9.17) is 4.74 Å². The fraction of sp³-hybridized carbons (Fsp3) is 0.200. The summed E-state index contributed by atoms with van der Waals surface area (Å²) in [5.41, 5.74) is 5.38. The lowest BCUT2D eigenvalue weighted by molar-refractivity contribution is -0.118. The number of amides is 1. The van der Waals surface area contributed by atoms with Crippen LogP contribution in [-0.2, 0) is 4.79 Å². The first-order valence-electron chi connectivity index (χ1n) is 6.24. The maximum absolute atomic E-state index is 10.8. The summed E-state index contributed by atoms with van der Waals surface area (Å²) in [6.07, 6.45) is 1.62. The van der Waals surface area contributed by atoms with Crippen molar-refractivity contribution in [2.45, 2.75) is 13.8 Å². The Labute approximate surface area is 117 Å². The molecule has 0 saturated carbocycles. The molecule has 0 aliphatic carbocycles. The molecular weight excluding hydrogens is 254 g/mol. The molecule has 2 rings (SSSR count). The van der Waals surface area contributed by atoms with Gasteiger partial charge in [0.1, 0.15) is 5.75 Å². The maximum atomic E-state index is 10.8. The molecule has 1 aromatic heterocycles. The van der Waals surface area contributed by atoms with E-state index in [0.717, 1.165) is 22.8 Å². The number of hydrogen-bond donors (Lipinski definition) is 1. The first-order chi connectivity index (χ1) is 9.61. The Bertz CT molecular complexity index is 627. The van der Waals surface area contributed by atoms with Crippen LogP contribution in [-0.4, -0.2) is 23.8 Å². The molecular formula is C15H17N3O2. The highest BCUT2D eigenvalue weighted by atomic mass is 16.5. The van der Waals surface area contributed by atoms with E-state index in [1.807, 2.05) is 47.9 Å². The number of hydrazone groups is 1. The molecule has 20 heavy (non-hydrogen) atoms. The summed E-state index contributed by atoms with van der Waals surface area (Å²) in [5.74, 6) is 0.618. The first-order valence-corrected chi connectivity index (χ1v) is 6.24. The molecule has 0 saturated heterocycles. The van der Waals surface area contributed by atoms with E-state index < -0.39 is 0 Å². The standard InChI is InChI=1S/C15H17N3O2/c1-11-4-5-14(10-16-17-12(2)19)18(11)13-6-8-15(20-3)9-7-13/h4-10H,1-3H3,(H,17,19)/b16-10+. The van der Waals surface area contributed by atoms with Crippen LogP contribution in [0, 0.1) is 6.92 Å². The molecule has 0 radical (unpaired) electrons. The fourth-order valence-electron chi connectivity index (χ4n) is 1.93. The summed E-state index contributed by atoms with van der Waals surface area (Å²) in [6.45, 7) is 3.44. The molecule has 0 aliphatic rings. The molecule has 2 aromatic rings. The Balaban J connectivity index is 2.32. The zero-order chi connectivity index (χ0) is 14.5. The van der Waals surface area contributed by atoms with Gasteiger partial charge in [-0.05, 0) is 43.3 Å². The Hall–Kier alpha value is -2.56. The molecule has 1 aromatic carbocycles. The molecule has 1 N–H and O–H groups in total. The van der Waals surface area contributed by atoms with Crippen LogP contribution in [0.15, 0.2) is 41.5 Å². The summed E-state index contributed by atoms with van der Waals surface area (Å²) in [5, 5.41) is 3.90. The third-order valence-electron chi connectivity index (χ3n) is 2.86. The van der Waals surface area contributed by atoms with Crippen LogP contribution in [0.1, 0.15) is 18.3 Å². The minimum Gasteiger partial charge on any atom is -0.497 e. The topological polar surface area (TPSA) is 55.6 Å². The second-order valence-corrected chi connectivity index (χ2v) is 4.36. The van der Waals surface area contributed by atoms with Crippen molar-refractivity contribution in [1.82, 2.24) is 9.99 Å². The average molecular weight is 271 g/mol. The van der Waals surface area contributed by atoms with Crippen LogP contribution < -0.4 is 10.2 Å². The second-order valence-electron chi connectivity index (χ2n) is 4.36. The summed E-state index contributed by atoms with van der Waals surface area (Å²) < 4.78 is 7.20. The molecule has 0 atom stereocenters. The molecule has 1 amide bonds. The Kier molecular flexibility index (Phi) is 4.20. The van der Waals surface area contributed by atoms with Crippen LogP contribution in [0.3, 0.4) is 0 Å². The number of aromatic nitrogens is 1. The van der Waals surface area contributed by atoms with E-state index >= 15 is 0 Å². The third-order valence-corrected chi connectivity index (χ3v) is 2.86.